The zero-order valence-corrected chi connectivity index (χ0v) is 13.6. The second kappa shape index (κ2) is 7.31. The van der Waals surface area contributed by atoms with Gasteiger partial charge in [-0.1, -0.05) is 12.1 Å². The molecule has 116 valence electrons. The van der Waals surface area contributed by atoms with Gasteiger partial charge in [-0.15, -0.1) is 0 Å². The molecule has 1 aliphatic heterocycles. The molecule has 2 rings (SSSR count). The van der Waals surface area contributed by atoms with Crippen molar-refractivity contribution in [1.82, 2.24) is 4.90 Å². The summed E-state index contributed by atoms with van der Waals surface area (Å²) in [5, 5.41) is 11.0. The third-order valence-corrected chi connectivity index (χ3v) is 4.94. The number of benzene rings is 1. The van der Waals surface area contributed by atoms with Crippen LogP contribution in [0, 0.1) is 10.1 Å². The fourth-order valence-corrected chi connectivity index (χ4v) is 3.31. The molecule has 0 aliphatic carbocycles. The molecule has 2 atom stereocenters. The number of nitro groups is 1. The molecule has 1 aliphatic rings. The Balaban J connectivity index is 2.14. The molecule has 7 heteroatoms. The normalized spacial score (nSPS) is 23.2. The number of piperidine rings is 1. The van der Waals surface area contributed by atoms with Gasteiger partial charge >= 0.3 is 0 Å². The van der Waals surface area contributed by atoms with E-state index in [9.17, 15) is 10.1 Å². The zero-order valence-electron chi connectivity index (χ0n) is 12.0. The monoisotopic (exact) mass is 357 g/mol. The smallest absolute Gasteiger partial charge is 0.283 e. The molecular weight excluding hydrogens is 338 g/mol. The summed E-state index contributed by atoms with van der Waals surface area (Å²) in [4.78, 5) is 12.9. The molecule has 0 spiro atoms. The van der Waals surface area contributed by atoms with E-state index >= 15 is 0 Å². The quantitative estimate of drug-likeness (QED) is 0.645. The third kappa shape index (κ3) is 3.79. The molecule has 0 radical (unpaired) electrons. The number of halogens is 1. The van der Waals surface area contributed by atoms with Gasteiger partial charge in [0.25, 0.3) is 5.69 Å². The number of nitro benzene ring substituents is 1. The summed E-state index contributed by atoms with van der Waals surface area (Å²) in [7, 11) is 1.73. The van der Waals surface area contributed by atoms with E-state index in [1.807, 2.05) is 6.07 Å². The first-order valence-corrected chi connectivity index (χ1v) is 7.74. The molecule has 6 nitrogen and oxygen atoms in total. The minimum atomic E-state index is -0.370. The van der Waals surface area contributed by atoms with Gasteiger partial charge in [-0.05, 0) is 34.3 Å². The van der Waals surface area contributed by atoms with Crippen molar-refractivity contribution in [3.8, 4) is 0 Å². The van der Waals surface area contributed by atoms with Crippen LogP contribution in [0.2, 0.25) is 0 Å². The SMILES string of the molecule is COC1CCN(Cc2cccc([N+](=O)[O-])c2Br)C(CN)C1. The van der Waals surface area contributed by atoms with Gasteiger partial charge in [-0.2, -0.15) is 0 Å². The molecular formula is C14H20BrN3O3. The van der Waals surface area contributed by atoms with Crippen molar-refractivity contribution in [2.45, 2.75) is 31.5 Å². The summed E-state index contributed by atoms with van der Waals surface area (Å²) in [6, 6.07) is 5.38. The van der Waals surface area contributed by atoms with E-state index in [0.29, 0.717) is 17.6 Å². The van der Waals surface area contributed by atoms with Gasteiger partial charge in [0, 0.05) is 38.9 Å². The summed E-state index contributed by atoms with van der Waals surface area (Å²) >= 11 is 3.35. The lowest BCUT2D eigenvalue weighted by molar-refractivity contribution is -0.385. The molecule has 1 heterocycles. The summed E-state index contributed by atoms with van der Waals surface area (Å²) in [5.74, 6) is 0. The largest absolute Gasteiger partial charge is 0.381 e. The minimum Gasteiger partial charge on any atom is -0.381 e. The second-order valence-electron chi connectivity index (χ2n) is 5.25. The Hall–Kier alpha value is -1.02. The van der Waals surface area contributed by atoms with Crippen LogP contribution in [0.5, 0.6) is 0 Å². The van der Waals surface area contributed by atoms with Gasteiger partial charge in [-0.3, -0.25) is 15.0 Å². The lowest BCUT2D eigenvalue weighted by atomic mass is 9.98. The molecule has 21 heavy (non-hydrogen) atoms. The van der Waals surface area contributed by atoms with Crippen LogP contribution in [0.1, 0.15) is 18.4 Å². The maximum atomic E-state index is 11.0. The molecule has 0 aromatic heterocycles. The number of rotatable bonds is 5. The molecule has 0 amide bonds. The van der Waals surface area contributed by atoms with Gasteiger partial charge in [-0.25, -0.2) is 0 Å². The number of likely N-dealkylation sites (tertiary alicyclic amines) is 1. The van der Waals surface area contributed by atoms with Gasteiger partial charge in [0.15, 0.2) is 0 Å². The van der Waals surface area contributed by atoms with Crippen LogP contribution in [0.3, 0.4) is 0 Å². The molecule has 0 bridgehead atoms. The lowest BCUT2D eigenvalue weighted by Crippen LogP contribution is -2.48. The highest BCUT2D eigenvalue weighted by Gasteiger charge is 2.28. The van der Waals surface area contributed by atoms with Crippen LogP contribution in [-0.4, -0.2) is 42.2 Å². The molecule has 1 aromatic carbocycles. The first kappa shape index (κ1) is 16.4. The first-order valence-electron chi connectivity index (χ1n) is 6.95. The van der Waals surface area contributed by atoms with E-state index in [4.69, 9.17) is 10.5 Å². The average molecular weight is 358 g/mol. The highest BCUT2D eigenvalue weighted by Crippen LogP contribution is 2.30. The van der Waals surface area contributed by atoms with Gasteiger partial charge in [0.1, 0.15) is 0 Å². The Morgan fingerprint density at radius 1 is 1.57 bits per heavy atom. The van der Waals surface area contributed by atoms with Crippen molar-refractivity contribution in [1.29, 1.82) is 0 Å². The van der Waals surface area contributed by atoms with E-state index in [1.54, 1.807) is 13.2 Å². The Morgan fingerprint density at radius 3 is 2.95 bits per heavy atom. The standard InChI is InChI=1S/C14H20BrN3O3/c1-21-12-5-6-17(11(7-12)8-16)9-10-3-2-4-13(14(10)15)18(19)20/h2-4,11-12H,5-9,16H2,1H3. The van der Waals surface area contributed by atoms with Gasteiger partial charge < -0.3 is 10.5 Å². The highest BCUT2D eigenvalue weighted by molar-refractivity contribution is 9.10. The van der Waals surface area contributed by atoms with Crippen LogP contribution in [0.15, 0.2) is 22.7 Å². The zero-order chi connectivity index (χ0) is 15.4. The third-order valence-electron chi connectivity index (χ3n) is 4.02. The van der Waals surface area contributed by atoms with E-state index < -0.39 is 0 Å². The van der Waals surface area contributed by atoms with E-state index in [-0.39, 0.29) is 22.8 Å². The minimum absolute atomic E-state index is 0.101. The Bertz CT molecular complexity index is 512. The van der Waals surface area contributed by atoms with Crippen molar-refractivity contribution in [2.24, 2.45) is 5.73 Å². The summed E-state index contributed by atoms with van der Waals surface area (Å²) < 4.78 is 5.97. The van der Waals surface area contributed by atoms with Gasteiger partial charge in [0.05, 0.1) is 15.5 Å². The number of nitrogens with two attached hydrogens (primary N) is 1. The average Bonchev–Trinajstić information content (AvgIpc) is 2.49. The fraction of sp³-hybridized carbons (Fsp3) is 0.571. The Morgan fingerprint density at radius 2 is 2.33 bits per heavy atom. The Labute approximate surface area is 132 Å². The summed E-state index contributed by atoms with van der Waals surface area (Å²) in [5.41, 5.74) is 6.88. The van der Waals surface area contributed by atoms with Crippen molar-refractivity contribution < 1.29 is 9.66 Å². The maximum absolute atomic E-state index is 11.0. The van der Waals surface area contributed by atoms with Crippen LogP contribution in [0.4, 0.5) is 5.69 Å². The lowest BCUT2D eigenvalue weighted by Gasteiger charge is -2.38. The number of methoxy groups -OCH3 is 1. The molecule has 1 saturated heterocycles. The number of hydrogen-bond acceptors (Lipinski definition) is 5. The number of hydrogen-bond donors (Lipinski definition) is 1. The maximum Gasteiger partial charge on any atom is 0.283 e. The summed E-state index contributed by atoms with van der Waals surface area (Å²) in [6.07, 6.45) is 2.11. The topological polar surface area (TPSA) is 81.6 Å². The van der Waals surface area contributed by atoms with Crippen molar-refractivity contribution >= 4 is 21.6 Å². The van der Waals surface area contributed by atoms with Crippen LogP contribution in [-0.2, 0) is 11.3 Å². The van der Waals surface area contributed by atoms with Crippen molar-refractivity contribution in [2.75, 3.05) is 20.2 Å². The molecule has 0 saturated carbocycles. The molecule has 1 fully saturated rings. The second-order valence-corrected chi connectivity index (χ2v) is 6.04. The van der Waals surface area contributed by atoms with Crippen LogP contribution >= 0.6 is 15.9 Å². The molecule has 1 aromatic rings. The predicted molar refractivity (Wildman–Crippen MR) is 84.1 cm³/mol. The molecule has 2 unspecified atom stereocenters. The van der Waals surface area contributed by atoms with Crippen LogP contribution in [0.25, 0.3) is 0 Å². The molecule has 2 N–H and O–H groups in total. The first-order chi connectivity index (χ1) is 10.1. The summed E-state index contributed by atoms with van der Waals surface area (Å²) in [6.45, 7) is 2.10. The van der Waals surface area contributed by atoms with E-state index in [2.05, 4.69) is 20.8 Å². The van der Waals surface area contributed by atoms with E-state index in [1.165, 1.54) is 6.07 Å². The number of nitrogens with zero attached hydrogens (tertiary/aromatic N) is 2. The van der Waals surface area contributed by atoms with Crippen LogP contribution < -0.4 is 5.73 Å². The Kier molecular flexibility index (Phi) is 5.69. The van der Waals surface area contributed by atoms with Gasteiger partial charge in [0.2, 0.25) is 0 Å². The fourth-order valence-electron chi connectivity index (χ4n) is 2.78. The number of ether oxygens (including phenoxy) is 1. The van der Waals surface area contributed by atoms with E-state index in [0.717, 1.165) is 24.9 Å². The predicted octanol–water partition coefficient (Wildman–Crippen LogP) is 2.30. The van der Waals surface area contributed by atoms with Crippen molar-refractivity contribution in [3.63, 3.8) is 0 Å². The van der Waals surface area contributed by atoms with Crippen molar-refractivity contribution in [3.05, 3.63) is 38.3 Å². The highest BCUT2D eigenvalue weighted by atomic mass is 79.9.